The van der Waals surface area contributed by atoms with E-state index in [2.05, 4.69) is 20.6 Å². The molecule has 0 spiro atoms. The maximum absolute atomic E-state index is 12.3. The summed E-state index contributed by atoms with van der Waals surface area (Å²) in [7, 11) is 0. The normalized spacial score (nSPS) is 9.93. The van der Waals surface area contributed by atoms with Crippen LogP contribution in [0.15, 0.2) is 60.9 Å². The average molecular weight is 359 g/mol. The fourth-order valence-electron chi connectivity index (χ4n) is 2.31. The van der Waals surface area contributed by atoms with Crippen molar-refractivity contribution in [2.45, 2.75) is 6.92 Å². The fourth-order valence-corrected chi connectivity index (χ4v) is 2.31. The van der Waals surface area contributed by atoms with Gasteiger partial charge in [0, 0.05) is 23.8 Å². The van der Waals surface area contributed by atoms with Gasteiger partial charge in [0.1, 0.15) is 5.75 Å². The second-order valence-corrected chi connectivity index (χ2v) is 5.52. The molecule has 0 unspecified atom stereocenters. The smallest absolute Gasteiger partial charge is 0.258 e. The van der Waals surface area contributed by atoms with Crippen LogP contribution in [0.1, 0.15) is 22.8 Å². The summed E-state index contributed by atoms with van der Waals surface area (Å²) in [5.41, 5.74) is 2.13. The third-order valence-corrected chi connectivity index (χ3v) is 3.59. The van der Waals surface area contributed by atoms with Gasteiger partial charge in [-0.05, 0) is 49.4 Å². The number of carbonyl (C=O) groups excluding carboxylic acids is 1. The minimum absolute atomic E-state index is 0.314. The number of nitrogens with one attached hydrogen (secondary N) is 2. The molecule has 3 aromatic rings. The zero-order valence-electron chi connectivity index (χ0n) is 14.6. The molecule has 0 aliphatic heterocycles. The lowest BCUT2D eigenvalue weighted by Crippen LogP contribution is -2.13. The van der Waals surface area contributed by atoms with E-state index >= 15 is 0 Å². The molecule has 3 rings (SSSR count). The van der Waals surface area contributed by atoms with Crippen molar-refractivity contribution in [2.24, 2.45) is 0 Å². The average Bonchev–Trinajstić information content (AvgIpc) is 2.70. The zero-order valence-corrected chi connectivity index (χ0v) is 14.6. The second-order valence-electron chi connectivity index (χ2n) is 5.52. The van der Waals surface area contributed by atoms with Crippen molar-refractivity contribution in [1.29, 1.82) is 5.26 Å². The van der Waals surface area contributed by atoms with Crippen LogP contribution in [0.2, 0.25) is 0 Å². The number of carbonyl (C=O) groups is 1. The van der Waals surface area contributed by atoms with E-state index < -0.39 is 0 Å². The molecule has 2 N–H and O–H groups in total. The Labute approximate surface area is 156 Å². The Morgan fingerprint density at radius 3 is 2.52 bits per heavy atom. The summed E-state index contributed by atoms with van der Waals surface area (Å²) >= 11 is 0. The van der Waals surface area contributed by atoms with Crippen molar-refractivity contribution < 1.29 is 9.53 Å². The van der Waals surface area contributed by atoms with E-state index in [4.69, 9.17) is 10.00 Å². The molecule has 2 aromatic carbocycles. The molecule has 0 radical (unpaired) electrons. The molecule has 0 fully saturated rings. The summed E-state index contributed by atoms with van der Waals surface area (Å²) in [6.07, 6.45) is 2.88. The third-order valence-electron chi connectivity index (χ3n) is 3.59. The summed E-state index contributed by atoms with van der Waals surface area (Å²) in [6.45, 7) is 2.54. The first-order valence-corrected chi connectivity index (χ1v) is 8.31. The van der Waals surface area contributed by atoms with Crippen molar-refractivity contribution in [3.63, 3.8) is 0 Å². The maximum atomic E-state index is 12.3. The molecule has 7 heteroatoms. The van der Waals surface area contributed by atoms with E-state index in [1.807, 2.05) is 37.3 Å². The number of benzene rings is 2. The maximum Gasteiger partial charge on any atom is 0.258 e. The Balaban J connectivity index is 1.64. The number of hydrogen-bond acceptors (Lipinski definition) is 6. The summed E-state index contributed by atoms with van der Waals surface area (Å²) in [4.78, 5) is 20.6. The predicted octanol–water partition coefficient (Wildman–Crippen LogP) is 3.74. The van der Waals surface area contributed by atoms with E-state index in [0.717, 1.165) is 11.4 Å². The number of hydrogen-bond donors (Lipinski definition) is 2. The van der Waals surface area contributed by atoms with Gasteiger partial charge < -0.3 is 15.4 Å². The van der Waals surface area contributed by atoms with Gasteiger partial charge >= 0.3 is 0 Å². The minimum Gasteiger partial charge on any atom is -0.494 e. The molecule has 134 valence electrons. The Morgan fingerprint density at radius 1 is 1.11 bits per heavy atom. The first-order valence-electron chi connectivity index (χ1n) is 8.31. The summed E-state index contributed by atoms with van der Waals surface area (Å²) in [6, 6.07) is 16.1. The first-order chi connectivity index (χ1) is 13.2. The zero-order chi connectivity index (χ0) is 19.1. The van der Waals surface area contributed by atoms with Crippen LogP contribution in [-0.2, 0) is 0 Å². The van der Waals surface area contributed by atoms with Gasteiger partial charge in [-0.2, -0.15) is 5.26 Å². The number of ether oxygens (including phenoxy) is 1. The Bertz CT molecular complexity index is 963. The van der Waals surface area contributed by atoms with Crippen LogP contribution in [0, 0.1) is 11.3 Å². The number of rotatable bonds is 6. The molecule has 27 heavy (non-hydrogen) atoms. The Hall–Kier alpha value is -3.92. The van der Waals surface area contributed by atoms with Gasteiger partial charge in [-0.1, -0.05) is 6.07 Å². The molecule has 0 saturated heterocycles. The van der Waals surface area contributed by atoms with Crippen LogP contribution >= 0.6 is 0 Å². The SMILES string of the molecule is CCOc1ccc(Nc2ncc(C(=O)Nc3cccc(C#N)c3)cn2)cc1. The van der Waals surface area contributed by atoms with Gasteiger partial charge in [0.25, 0.3) is 5.91 Å². The monoisotopic (exact) mass is 359 g/mol. The van der Waals surface area contributed by atoms with E-state index in [0.29, 0.717) is 29.4 Å². The lowest BCUT2D eigenvalue weighted by Gasteiger charge is -2.08. The summed E-state index contributed by atoms with van der Waals surface area (Å²) in [5.74, 6) is 0.816. The highest BCUT2D eigenvalue weighted by molar-refractivity contribution is 6.04. The van der Waals surface area contributed by atoms with Crippen LogP contribution in [0.5, 0.6) is 5.75 Å². The molecule has 0 saturated carbocycles. The van der Waals surface area contributed by atoms with Gasteiger partial charge in [-0.3, -0.25) is 4.79 Å². The Kier molecular flexibility index (Phi) is 5.60. The van der Waals surface area contributed by atoms with Gasteiger partial charge in [-0.25, -0.2) is 9.97 Å². The molecular formula is C20H17N5O2. The second kappa shape index (κ2) is 8.45. The molecule has 1 amide bonds. The lowest BCUT2D eigenvalue weighted by molar-refractivity contribution is 0.102. The predicted molar refractivity (Wildman–Crippen MR) is 102 cm³/mol. The number of aromatic nitrogens is 2. The van der Waals surface area contributed by atoms with Gasteiger partial charge in [0.05, 0.1) is 23.8 Å². The van der Waals surface area contributed by atoms with Crippen LogP contribution in [0.25, 0.3) is 0 Å². The molecular weight excluding hydrogens is 342 g/mol. The van der Waals surface area contributed by atoms with E-state index in [1.165, 1.54) is 12.4 Å². The van der Waals surface area contributed by atoms with Crippen molar-refractivity contribution in [3.05, 3.63) is 72.1 Å². The molecule has 1 aromatic heterocycles. The summed E-state index contributed by atoms with van der Waals surface area (Å²) < 4.78 is 5.40. The molecule has 1 heterocycles. The van der Waals surface area contributed by atoms with Crippen molar-refractivity contribution in [1.82, 2.24) is 9.97 Å². The van der Waals surface area contributed by atoms with Crippen molar-refractivity contribution in [3.8, 4) is 11.8 Å². The standard InChI is InChI=1S/C20H17N5O2/c1-2-27-18-8-6-16(7-9-18)25-20-22-12-15(13-23-20)19(26)24-17-5-3-4-14(10-17)11-21/h3-10,12-13H,2H2,1H3,(H,24,26)(H,22,23,25). The van der Waals surface area contributed by atoms with Gasteiger partial charge in [0.15, 0.2) is 0 Å². The highest BCUT2D eigenvalue weighted by Gasteiger charge is 2.08. The topological polar surface area (TPSA) is 99.9 Å². The minimum atomic E-state index is -0.349. The van der Waals surface area contributed by atoms with Gasteiger partial charge in [0.2, 0.25) is 5.95 Å². The Morgan fingerprint density at radius 2 is 1.85 bits per heavy atom. The largest absolute Gasteiger partial charge is 0.494 e. The highest BCUT2D eigenvalue weighted by Crippen LogP contribution is 2.18. The highest BCUT2D eigenvalue weighted by atomic mass is 16.5. The molecule has 0 bridgehead atoms. The van der Waals surface area contributed by atoms with Crippen LogP contribution in [-0.4, -0.2) is 22.5 Å². The molecule has 0 aliphatic rings. The van der Waals surface area contributed by atoms with Crippen LogP contribution < -0.4 is 15.4 Å². The third kappa shape index (κ3) is 4.80. The van der Waals surface area contributed by atoms with Crippen molar-refractivity contribution >= 4 is 23.2 Å². The molecule has 0 aliphatic carbocycles. The van der Waals surface area contributed by atoms with Crippen molar-refractivity contribution in [2.75, 3.05) is 17.2 Å². The molecule has 7 nitrogen and oxygen atoms in total. The number of nitriles is 1. The first kappa shape index (κ1) is 17.9. The number of amides is 1. The van der Waals surface area contributed by atoms with E-state index in [9.17, 15) is 4.79 Å². The number of anilines is 3. The van der Waals surface area contributed by atoms with Crippen LogP contribution in [0.3, 0.4) is 0 Å². The van der Waals surface area contributed by atoms with Crippen LogP contribution in [0.4, 0.5) is 17.3 Å². The summed E-state index contributed by atoms with van der Waals surface area (Å²) in [5, 5.41) is 14.7. The number of nitrogens with zero attached hydrogens (tertiary/aromatic N) is 3. The molecule has 0 atom stereocenters. The quantitative estimate of drug-likeness (QED) is 0.695. The van der Waals surface area contributed by atoms with Gasteiger partial charge in [-0.15, -0.1) is 0 Å². The fraction of sp³-hybridized carbons (Fsp3) is 0.100. The van der Waals surface area contributed by atoms with E-state index in [-0.39, 0.29) is 5.91 Å². The lowest BCUT2D eigenvalue weighted by atomic mass is 10.2. The van der Waals surface area contributed by atoms with E-state index in [1.54, 1.807) is 24.3 Å².